The van der Waals surface area contributed by atoms with Gasteiger partial charge in [0.05, 0.1) is 6.10 Å². The van der Waals surface area contributed by atoms with Crippen molar-refractivity contribution in [1.29, 1.82) is 0 Å². The minimum atomic E-state index is -0.778. The van der Waals surface area contributed by atoms with E-state index in [1.54, 1.807) is 0 Å². The van der Waals surface area contributed by atoms with Crippen molar-refractivity contribution in [2.75, 3.05) is 6.54 Å². The highest BCUT2D eigenvalue weighted by molar-refractivity contribution is 5.17. The van der Waals surface area contributed by atoms with Crippen LogP contribution in [0.15, 0.2) is 12.2 Å². The second kappa shape index (κ2) is 1.81. The van der Waals surface area contributed by atoms with Crippen LogP contribution < -0.4 is 5.73 Å². The van der Waals surface area contributed by atoms with E-state index in [1.807, 2.05) is 12.2 Å². The van der Waals surface area contributed by atoms with Gasteiger partial charge in [-0.05, 0) is 0 Å². The van der Waals surface area contributed by atoms with Crippen LogP contribution in [0.4, 0.5) is 0 Å². The van der Waals surface area contributed by atoms with Crippen LogP contribution >= 0.6 is 0 Å². The van der Waals surface area contributed by atoms with Gasteiger partial charge in [-0.15, -0.1) is 0 Å². The molecule has 56 valence electrons. The van der Waals surface area contributed by atoms with Gasteiger partial charge in [-0.3, -0.25) is 0 Å². The zero-order valence-electron chi connectivity index (χ0n) is 5.66. The highest BCUT2D eigenvalue weighted by Gasteiger charge is 2.47. The van der Waals surface area contributed by atoms with E-state index in [-0.39, 0.29) is 12.2 Å². The molecule has 0 spiro atoms. The van der Waals surface area contributed by atoms with Gasteiger partial charge in [0.25, 0.3) is 0 Å². The molecule has 3 atom stereocenters. The first-order chi connectivity index (χ1) is 4.74. The highest BCUT2D eigenvalue weighted by atomic mass is 16.5. The molecule has 0 amide bonds. The van der Waals surface area contributed by atoms with E-state index < -0.39 is 5.60 Å². The van der Waals surface area contributed by atoms with Crippen molar-refractivity contribution < 1.29 is 9.84 Å². The molecule has 0 unspecified atom stereocenters. The molecule has 0 aliphatic carbocycles. The zero-order valence-corrected chi connectivity index (χ0v) is 5.66. The van der Waals surface area contributed by atoms with Crippen molar-refractivity contribution in [3.05, 3.63) is 12.2 Å². The van der Waals surface area contributed by atoms with E-state index in [9.17, 15) is 5.11 Å². The Morgan fingerprint density at radius 2 is 2.50 bits per heavy atom. The molecule has 2 rings (SSSR count). The van der Waals surface area contributed by atoms with Crippen LogP contribution in [0.25, 0.3) is 0 Å². The molecule has 3 nitrogen and oxygen atoms in total. The molecular weight excluding hydrogens is 130 g/mol. The van der Waals surface area contributed by atoms with Crippen LogP contribution in [0, 0.1) is 0 Å². The molecular formula is C7H11NO2. The van der Waals surface area contributed by atoms with Crippen molar-refractivity contribution >= 4 is 0 Å². The maximum Gasteiger partial charge on any atom is 0.109 e. The van der Waals surface area contributed by atoms with Crippen LogP contribution in [0.3, 0.4) is 0 Å². The summed E-state index contributed by atoms with van der Waals surface area (Å²) in [6.45, 7) is 0.290. The average Bonchev–Trinajstić information content (AvgIpc) is 2.46. The van der Waals surface area contributed by atoms with Gasteiger partial charge in [0.15, 0.2) is 0 Å². The van der Waals surface area contributed by atoms with Crippen LogP contribution in [-0.2, 0) is 4.74 Å². The molecule has 3 heteroatoms. The molecule has 2 heterocycles. The molecule has 1 fully saturated rings. The largest absolute Gasteiger partial charge is 0.385 e. The van der Waals surface area contributed by atoms with Crippen LogP contribution in [0.1, 0.15) is 6.42 Å². The molecule has 2 bridgehead atoms. The fourth-order valence-corrected chi connectivity index (χ4v) is 1.59. The van der Waals surface area contributed by atoms with Crippen molar-refractivity contribution in [2.24, 2.45) is 5.73 Å². The van der Waals surface area contributed by atoms with Gasteiger partial charge in [-0.2, -0.15) is 0 Å². The van der Waals surface area contributed by atoms with Crippen molar-refractivity contribution in [3.8, 4) is 0 Å². The number of nitrogens with two attached hydrogens (primary N) is 1. The van der Waals surface area contributed by atoms with Gasteiger partial charge in [-0.1, -0.05) is 12.2 Å². The maximum atomic E-state index is 9.69. The summed E-state index contributed by atoms with van der Waals surface area (Å²) in [5, 5.41) is 9.69. The predicted octanol–water partition coefficient (Wildman–Crippen LogP) is -0.597. The normalized spacial score (nSPS) is 50.6. The Hall–Kier alpha value is -0.380. The topological polar surface area (TPSA) is 55.5 Å². The summed E-state index contributed by atoms with van der Waals surface area (Å²) in [5.74, 6) is 0. The summed E-state index contributed by atoms with van der Waals surface area (Å²) in [4.78, 5) is 0. The molecule has 0 saturated carbocycles. The fourth-order valence-electron chi connectivity index (χ4n) is 1.59. The van der Waals surface area contributed by atoms with Crippen LogP contribution in [0.5, 0.6) is 0 Å². The molecule has 0 aromatic heterocycles. The van der Waals surface area contributed by atoms with Gasteiger partial charge in [0.2, 0.25) is 0 Å². The van der Waals surface area contributed by atoms with E-state index in [1.165, 1.54) is 0 Å². The fraction of sp³-hybridized carbons (Fsp3) is 0.714. The van der Waals surface area contributed by atoms with Crippen LogP contribution in [0.2, 0.25) is 0 Å². The maximum absolute atomic E-state index is 9.69. The second-order valence-electron chi connectivity index (χ2n) is 2.99. The Kier molecular flexibility index (Phi) is 1.15. The van der Waals surface area contributed by atoms with Crippen molar-refractivity contribution in [2.45, 2.75) is 24.2 Å². The first-order valence-corrected chi connectivity index (χ1v) is 3.51. The molecule has 0 aromatic rings. The van der Waals surface area contributed by atoms with Gasteiger partial charge in [0.1, 0.15) is 11.7 Å². The molecule has 2 aliphatic rings. The Morgan fingerprint density at radius 1 is 1.70 bits per heavy atom. The zero-order chi connectivity index (χ0) is 7.19. The molecule has 0 aromatic carbocycles. The third kappa shape index (κ3) is 0.653. The Labute approximate surface area is 59.5 Å². The first-order valence-electron chi connectivity index (χ1n) is 3.51. The van der Waals surface area contributed by atoms with E-state index in [0.717, 1.165) is 0 Å². The average molecular weight is 141 g/mol. The molecule has 1 saturated heterocycles. The lowest BCUT2D eigenvalue weighted by Gasteiger charge is -2.24. The quantitative estimate of drug-likeness (QED) is 0.479. The highest BCUT2D eigenvalue weighted by Crippen LogP contribution is 2.36. The number of hydrogen-bond acceptors (Lipinski definition) is 3. The number of aliphatic hydroxyl groups is 1. The summed E-state index contributed by atoms with van der Waals surface area (Å²) in [6.07, 6.45) is 4.49. The lowest BCUT2D eigenvalue weighted by Crippen LogP contribution is -2.44. The number of rotatable bonds is 1. The number of fused-ring (bicyclic) bond motifs is 2. The van der Waals surface area contributed by atoms with E-state index >= 15 is 0 Å². The SMILES string of the molecule is NC[C@]1(O)C[C@H]2C=C[C@@H]1O2. The lowest BCUT2D eigenvalue weighted by atomic mass is 9.89. The predicted molar refractivity (Wildman–Crippen MR) is 36.4 cm³/mol. The Morgan fingerprint density at radius 3 is 2.80 bits per heavy atom. The van der Waals surface area contributed by atoms with Crippen LogP contribution in [-0.4, -0.2) is 29.5 Å². The van der Waals surface area contributed by atoms with E-state index in [4.69, 9.17) is 10.5 Å². The van der Waals surface area contributed by atoms with Gasteiger partial charge < -0.3 is 15.6 Å². The van der Waals surface area contributed by atoms with Gasteiger partial charge >= 0.3 is 0 Å². The third-order valence-corrected chi connectivity index (χ3v) is 2.26. The Balaban J connectivity index is 2.22. The summed E-state index contributed by atoms with van der Waals surface area (Å²) in [7, 11) is 0. The van der Waals surface area contributed by atoms with E-state index in [2.05, 4.69) is 0 Å². The van der Waals surface area contributed by atoms with Gasteiger partial charge in [-0.25, -0.2) is 0 Å². The van der Waals surface area contributed by atoms with E-state index in [0.29, 0.717) is 13.0 Å². The molecule has 2 aliphatic heterocycles. The first kappa shape index (κ1) is 6.34. The van der Waals surface area contributed by atoms with Gasteiger partial charge in [0, 0.05) is 13.0 Å². The molecule has 10 heavy (non-hydrogen) atoms. The summed E-state index contributed by atoms with van der Waals surface area (Å²) < 4.78 is 5.34. The van der Waals surface area contributed by atoms with Crippen molar-refractivity contribution in [1.82, 2.24) is 0 Å². The third-order valence-electron chi connectivity index (χ3n) is 2.26. The minimum Gasteiger partial charge on any atom is -0.385 e. The number of hydrogen-bond donors (Lipinski definition) is 2. The smallest absolute Gasteiger partial charge is 0.109 e. The second-order valence-corrected chi connectivity index (χ2v) is 2.99. The molecule has 0 radical (unpaired) electrons. The summed E-state index contributed by atoms with van der Waals surface area (Å²) >= 11 is 0. The summed E-state index contributed by atoms with van der Waals surface area (Å²) in [6, 6.07) is 0. The van der Waals surface area contributed by atoms with Crippen molar-refractivity contribution in [3.63, 3.8) is 0 Å². The molecule has 3 N–H and O–H groups in total. The number of ether oxygens (including phenoxy) is 1. The summed E-state index contributed by atoms with van der Waals surface area (Å²) in [5.41, 5.74) is 4.61. The lowest BCUT2D eigenvalue weighted by molar-refractivity contribution is -0.00420. The monoisotopic (exact) mass is 141 g/mol. The minimum absolute atomic E-state index is 0.110. The standard InChI is InChI=1S/C7H11NO2/c8-4-7(9)3-5-1-2-6(7)10-5/h1-2,5-6,9H,3-4,8H2/t5-,6+,7-/m1/s1. The Bertz CT molecular complexity index is 180.